The van der Waals surface area contributed by atoms with Crippen molar-refractivity contribution in [1.29, 1.82) is 0 Å². The fourth-order valence-corrected chi connectivity index (χ4v) is 4.46. The third-order valence-electron chi connectivity index (χ3n) is 6.36. The van der Waals surface area contributed by atoms with Gasteiger partial charge in [-0.1, -0.05) is 0 Å². The number of nitrogens with one attached hydrogen (secondary N) is 1. The van der Waals surface area contributed by atoms with Gasteiger partial charge in [0.05, 0.1) is 43.4 Å². The van der Waals surface area contributed by atoms with Crippen LogP contribution in [-0.2, 0) is 24.0 Å². The van der Waals surface area contributed by atoms with Crippen molar-refractivity contribution in [3.63, 3.8) is 0 Å². The van der Waals surface area contributed by atoms with Gasteiger partial charge in [0.25, 0.3) is 0 Å². The Morgan fingerprint density at radius 3 is 2.69 bits per heavy atom. The molecule has 1 saturated heterocycles. The first-order chi connectivity index (χ1) is 17.4. The molecule has 1 N–H and O–H groups in total. The van der Waals surface area contributed by atoms with Crippen LogP contribution in [0.15, 0.2) is 36.8 Å². The van der Waals surface area contributed by atoms with Crippen molar-refractivity contribution in [3.8, 4) is 11.3 Å². The number of nitrogens with zero attached hydrogens (tertiary/aromatic N) is 6. The summed E-state index contributed by atoms with van der Waals surface area (Å²) < 4.78 is 61.9. The lowest BCUT2D eigenvalue weighted by Crippen LogP contribution is -2.38. The number of benzene rings is 1. The normalized spacial score (nSPS) is 16.9. The van der Waals surface area contributed by atoms with Gasteiger partial charge >= 0.3 is 6.18 Å². The van der Waals surface area contributed by atoms with E-state index in [9.17, 15) is 17.6 Å². The van der Waals surface area contributed by atoms with Gasteiger partial charge in [-0.05, 0) is 30.2 Å². The van der Waals surface area contributed by atoms with Gasteiger partial charge in [0.2, 0.25) is 0 Å². The van der Waals surface area contributed by atoms with Crippen LogP contribution in [0.5, 0.6) is 0 Å². The molecule has 2 aromatic heterocycles. The van der Waals surface area contributed by atoms with E-state index in [4.69, 9.17) is 9.72 Å². The predicted molar refractivity (Wildman–Crippen MR) is 126 cm³/mol. The Hall–Kier alpha value is -3.25. The van der Waals surface area contributed by atoms with Gasteiger partial charge in [-0.3, -0.25) is 9.58 Å². The first kappa shape index (κ1) is 24.4. The van der Waals surface area contributed by atoms with Crippen molar-refractivity contribution in [2.24, 2.45) is 0 Å². The maximum absolute atomic E-state index is 13.9. The van der Waals surface area contributed by atoms with Gasteiger partial charge in [-0.15, -0.1) is 0 Å². The second kappa shape index (κ2) is 10.4. The number of anilines is 2. The van der Waals surface area contributed by atoms with Gasteiger partial charge in [-0.2, -0.15) is 18.3 Å². The summed E-state index contributed by atoms with van der Waals surface area (Å²) in [5.41, 5.74) is 0.334. The Balaban J connectivity index is 1.38. The van der Waals surface area contributed by atoms with Crippen LogP contribution in [0.25, 0.3) is 11.3 Å². The topological polar surface area (TPSA) is 71.3 Å². The molecule has 4 heterocycles. The lowest BCUT2D eigenvalue weighted by atomic mass is 10.1. The average molecular weight is 506 g/mol. The van der Waals surface area contributed by atoms with E-state index in [1.54, 1.807) is 17.3 Å². The maximum Gasteiger partial charge on any atom is 0.416 e. The quantitative estimate of drug-likeness (QED) is 0.513. The number of aromatic nitrogens is 4. The van der Waals surface area contributed by atoms with Gasteiger partial charge < -0.3 is 15.0 Å². The van der Waals surface area contributed by atoms with E-state index in [0.29, 0.717) is 43.4 Å². The molecule has 3 aromatic rings. The number of halogens is 4. The molecule has 0 aliphatic carbocycles. The summed E-state index contributed by atoms with van der Waals surface area (Å²) in [5.74, 6) is 0.208. The second-order valence-corrected chi connectivity index (χ2v) is 8.87. The highest BCUT2D eigenvalue weighted by molar-refractivity contribution is 5.67. The van der Waals surface area contributed by atoms with E-state index >= 15 is 0 Å². The predicted octanol–water partition coefficient (Wildman–Crippen LogP) is 3.65. The molecule has 0 amide bonds. The number of hydrogen-bond acceptors (Lipinski definition) is 7. The number of ether oxygens (including phenoxy) is 1. The van der Waals surface area contributed by atoms with E-state index in [0.717, 1.165) is 56.6 Å². The molecule has 192 valence electrons. The SMILES string of the molecule is Fc1ccc(C(F)(F)F)c(CN2CCCNc3ncc(-c4cnn(CCN5CCOCC5)c4)nc32)c1. The van der Waals surface area contributed by atoms with Crippen LogP contribution >= 0.6 is 0 Å². The standard InChI is InChI=1S/C24H27F4N7O/c25-19-2-3-20(24(26,27)28)17(12-19)15-34-5-1-4-29-22-23(34)32-21(14-30-22)18-13-31-35(16-18)7-6-33-8-10-36-11-9-33/h2-3,12-14,16H,1,4-11,15H2,(H,29,30). The van der Waals surface area contributed by atoms with E-state index in [2.05, 4.69) is 20.3 Å². The lowest BCUT2D eigenvalue weighted by molar-refractivity contribution is -0.138. The molecule has 2 aliphatic rings. The van der Waals surface area contributed by atoms with E-state index < -0.39 is 17.6 Å². The van der Waals surface area contributed by atoms with Crippen molar-refractivity contribution in [1.82, 2.24) is 24.6 Å². The number of rotatable bonds is 6. The molecule has 1 fully saturated rings. The van der Waals surface area contributed by atoms with Crippen molar-refractivity contribution in [2.75, 3.05) is 56.2 Å². The second-order valence-electron chi connectivity index (χ2n) is 8.87. The first-order valence-corrected chi connectivity index (χ1v) is 11.9. The summed E-state index contributed by atoms with van der Waals surface area (Å²) >= 11 is 0. The van der Waals surface area contributed by atoms with Gasteiger partial charge in [0, 0.05) is 51.0 Å². The molecular formula is C24H27F4N7O. The molecule has 0 radical (unpaired) electrons. The van der Waals surface area contributed by atoms with Crippen LogP contribution in [0.4, 0.5) is 29.2 Å². The van der Waals surface area contributed by atoms with Crippen LogP contribution < -0.4 is 10.2 Å². The minimum atomic E-state index is -4.58. The van der Waals surface area contributed by atoms with Crippen LogP contribution in [0.3, 0.4) is 0 Å². The summed E-state index contributed by atoms with van der Waals surface area (Å²) in [6.07, 6.45) is 1.31. The summed E-state index contributed by atoms with van der Waals surface area (Å²) in [5, 5.41) is 7.63. The Labute approximate surface area is 205 Å². The fourth-order valence-electron chi connectivity index (χ4n) is 4.46. The minimum Gasteiger partial charge on any atom is -0.379 e. The van der Waals surface area contributed by atoms with E-state index in [1.165, 1.54) is 0 Å². The highest BCUT2D eigenvalue weighted by Gasteiger charge is 2.34. The van der Waals surface area contributed by atoms with Crippen LogP contribution in [0.1, 0.15) is 17.5 Å². The van der Waals surface area contributed by atoms with Crippen LogP contribution in [0, 0.1) is 5.82 Å². The van der Waals surface area contributed by atoms with Gasteiger partial charge in [-0.25, -0.2) is 14.4 Å². The smallest absolute Gasteiger partial charge is 0.379 e. The summed E-state index contributed by atoms with van der Waals surface area (Å²) in [7, 11) is 0. The maximum atomic E-state index is 13.9. The molecule has 36 heavy (non-hydrogen) atoms. The van der Waals surface area contributed by atoms with Crippen LogP contribution in [0.2, 0.25) is 0 Å². The minimum absolute atomic E-state index is 0.140. The zero-order chi connectivity index (χ0) is 25.1. The molecule has 8 nitrogen and oxygen atoms in total. The van der Waals surface area contributed by atoms with Crippen molar-refractivity contribution < 1.29 is 22.3 Å². The van der Waals surface area contributed by atoms with Gasteiger partial charge in [0.1, 0.15) is 5.82 Å². The van der Waals surface area contributed by atoms with E-state index in [-0.39, 0.29) is 12.1 Å². The molecule has 2 aliphatic heterocycles. The third-order valence-corrected chi connectivity index (χ3v) is 6.36. The Kier molecular flexibility index (Phi) is 7.06. The number of hydrogen-bond donors (Lipinski definition) is 1. The summed E-state index contributed by atoms with van der Waals surface area (Å²) in [4.78, 5) is 13.3. The number of fused-ring (bicyclic) bond motifs is 1. The van der Waals surface area contributed by atoms with Crippen molar-refractivity contribution in [2.45, 2.75) is 25.7 Å². The Bertz CT molecular complexity index is 1190. The molecule has 0 spiro atoms. The number of morpholine rings is 1. The molecule has 1 aromatic carbocycles. The van der Waals surface area contributed by atoms with Gasteiger partial charge in [0.15, 0.2) is 11.6 Å². The highest BCUT2D eigenvalue weighted by Crippen LogP contribution is 2.35. The zero-order valence-corrected chi connectivity index (χ0v) is 19.6. The molecule has 0 saturated carbocycles. The fraction of sp³-hybridized carbons (Fsp3) is 0.458. The summed E-state index contributed by atoms with van der Waals surface area (Å²) in [6.45, 7) is 5.75. The molecule has 0 bridgehead atoms. The monoisotopic (exact) mass is 505 g/mol. The van der Waals surface area contributed by atoms with Crippen molar-refractivity contribution >= 4 is 11.6 Å². The van der Waals surface area contributed by atoms with Crippen molar-refractivity contribution in [3.05, 3.63) is 53.7 Å². The lowest BCUT2D eigenvalue weighted by Gasteiger charge is -2.26. The molecule has 0 atom stereocenters. The van der Waals surface area contributed by atoms with Crippen LogP contribution in [-0.4, -0.2) is 70.6 Å². The Morgan fingerprint density at radius 2 is 1.89 bits per heavy atom. The molecular weight excluding hydrogens is 478 g/mol. The number of alkyl halides is 3. The summed E-state index contributed by atoms with van der Waals surface area (Å²) in [6, 6.07) is 2.56. The third kappa shape index (κ3) is 5.59. The molecule has 12 heteroatoms. The first-order valence-electron chi connectivity index (χ1n) is 11.9. The molecule has 0 unspecified atom stereocenters. The largest absolute Gasteiger partial charge is 0.416 e. The zero-order valence-electron chi connectivity index (χ0n) is 19.6. The molecule has 5 rings (SSSR count). The Morgan fingerprint density at radius 1 is 1.06 bits per heavy atom. The van der Waals surface area contributed by atoms with E-state index in [1.807, 2.05) is 10.9 Å². The highest BCUT2D eigenvalue weighted by atomic mass is 19.4. The average Bonchev–Trinajstić information content (AvgIpc) is 3.25.